The van der Waals surface area contributed by atoms with Gasteiger partial charge in [0.25, 0.3) is 0 Å². The number of ether oxygens (including phenoxy) is 1. The topological polar surface area (TPSA) is 49.4 Å². The predicted octanol–water partition coefficient (Wildman–Crippen LogP) is -0.279. The molecule has 0 aromatic heterocycles. The molecule has 3 nitrogen and oxygen atoms in total. The van der Waals surface area contributed by atoms with Crippen LogP contribution in [-0.2, 0) is 9.53 Å². The first-order valence-corrected chi connectivity index (χ1v) is 2.37. The predicted molar refractivity (Wildman–Crippen MR) is 25.8 cm³/mol. The van der Waals surface area contributed by atoms with E-state index in [1.807, 2.05) is 0 Å². The Balaban J connectivity index is 3.74. The molecule has 0 fully saturated rings. The SMILES string of the molecule is CCOC(=O)/C(F)=C\[O-]. The maximum atomic E-state index is 11.8. The molecule has 0 aromatic carbocycles. The molecule has 0 N–H and O–H groups in total. The number of esters is 1. The average Bonchev–Trinajstić information content (AvgIpc) is 1.87. The normalized spacial score (nSPS) is 11.1. The molecule has 0 atom stereocenters. The molecular formula is C5H6FO3-. The molecule has 0 spiro atoms. The van der Waals surface area contributed by atoms with Crippen LogP contribution in [-0.4, -0.2) is 12.6 Å². The third-order valence-corrected chi connectivity index (χ3v) is 0.574. The molecule has 0 saturated heterocycles. The van der Waals surface area contributed by atoms with E-state index in [0.717, 1.165) is 0 Å². The third-order valence-electron chi connectivity index (χ3n) is 0.574. The highest BCUT2D eigenvalue weighted by molar-refractivity contribution is 5.85. The van der Waals surface area contributed by atoms with Gasteiger partial charge in [-0.1, -0.05) is 0 Å². The summed E-state index contributed by atoms with van der Waals surface area (Å²) in [7, 11) is 0. The molecule has 0 radical (unpaired) electrons. The van der Waals surface area contributed by atoms with Crippen molar-refractivity contribution >= 4 is 5.97 Å². The van der Waals surface area contributed by atoms with E-state index < -0.39 is 11.8 Å². The molecule has 52 valence electrons. The molecule has 0 aliphatic rings. The summed E-state index contributed by atoms with van der Waals surface area (Å²) in [6, 6.07) is 0. The summed E-state index contributed by atoms with van der Waals surface area (Å²) >= 11 is 0. The first-order chi connectivity index (χ1) is 4.22. The largest absolute Gasteiger partial charge is 0.876 e. The van der Waals surface area contributed by atoms with Gasteiger partial charge in [0.1, 0.15) is 0 Å². The van der Waals surface area contributed by atoms with Crippen LogP contribution in [0.5, 0.6) is 0 Å². The monoisotopic (exact) mass is 133 g/mol. The second-order valence-electron chi connectivity index (χ2n) is 1.19. The Hall–Kier alpha value is -1.06. The van der Waals surface area contributed by atoms with E-state index in [4.69, 9.17) is 0 Å². The summed E-state index contributed by atoms with van der Waals surface area (Å²) in [6.07, 6.45) is -0.183. The van der Waals surface area contributed by atoms with Crippen LogP contribution in [0.25, 0.3) is 0 Å². The Kier molecular flexibility index (Phi) is 3.43. The number of carbonyl (C=O) groups is 1. The van der Waals surface area contributed by atoms with Crippen molar-refractivity contribution in [3.8, 4) is 0 Å². The Bertz CT molecular complexity index is 130. The Morgan fingerprint density at radius 3 is 2.78 bits per heavy atom. The van der Waals surface area contributed by atoms with Crippen molar-refractivity contribution < 1.29 is 19.0 Å². The fraction of sp³-hybridized carbons (Fsp3) is 0.400. The highest BCUT2D eigenvalue weighted by atomic mass is 19.1. The van der Waals surface area contributed by atoms with Crippen LogP contribution < -0.4 is 5.11 Å². The summed E-state index contributed by atoms with van der Waals surface area (Å²) in [4.78, 5) is 10.1. The number of hydrogen-bond acceptors (Lipinski definition) is 3. The van der Waals surface area contributed by atoms with E-state index in [1.54, 1.807) is 0 Å². The van der Waals surface area contributed by atoms with Gasteiger partial charge in [0.15, 0.2) is 5.83 Å². The summed E-state index contributed by atoms with van der Waals surface area (Å²) in [5.41, 5.74) is 0. The smallest absolute Gasteiger partial charge is 0.365 e. The zero-order valence-corrected chi connectivity index (χ0v) is 4.89. The van der Waals surface area contributed by atoms with Crippen molar-refractivity contribution in [2.45, 2.75) is 6.92 Å². The van der Waals surface area contributed by atoms with Crippen LogP contribution in [0, 0.1) is 0 Å². The lowest BCUT2D eigenvalue weighted by atomic mass is 10.6. The molecule has 0 amide bonds. The highest BCUT2D eigenvalue weighted by Crippen LogP contribution is 1.95. The quantitative estimate of drug-likeness (QED) is 0.295. The van der Waals surface area contributed by atoms with E-state index in [1.165, 1.54) is 6.92 Å². The standard InChI is InChI=1S/C5H7FO3/c1-2-9-5(8)4(6)3-7/h3,7H,2H2,1H3/p-1/b4-3+. The van der Waals surface area contributed by atoms with Gasteiger partial charge in [-0.15, -0.1) is 6.26 Å². The van der Waals surface area contributed by atoms with Gasteiger partial charge in [-0.3, -0.25) is 0 Å². The van der Waals surface area contributed by atoms with Gasteiger partial charge < -0.3 is 9.84 Å². The molecule has 0 aliphatic carbocycles. The second-order valence-corrected chi connectivity index (χ2v) is 1.19. The van der Waals surface area contributed by atoms with Crippen molar-refractivity contribution in [2.75, 3.05) is 6.61 Å². The Labute approximate surface area is 51.7 Å². The summed E-state index contributed by atoms with van der Waals surface area (Å²) in [5, 5.41) is 9.51. The van der Waals surface area contributed by atoms with E-state index in [2.05, 4.69) is 4.74 Å². The van der Waals surface area contributed by atoms with Gasteiger partial charge in [-0.25, -0.2) is 9.18 Å². The minimum absolute atomic E-state index is 0.0695. The van der Waals surface area contributed by atoms with E-state index in [-0.39, 0.29) is 12.9 Å². The van der Waals surface area contributed by atoms with Crippen molar-refractivity contribution in [3.05, 3.63) is 12.1 Å². The van der Waals surface area contributed by atoms with Gasteiger partial charge in [0.05, 0.1) is 6.61 Å². The first-order valence-electron chi connectivity index (χ1n) is 2.37. The van der Waals surface area contributed by atoms with Gasteiger partial charge in [-0.2, -0.15) is 0 Å². The fourth-order valence-electron chi connectivity index (χ4n) is 0.248. The molecule has 4 heteroatoms. The van der Waals surface area contributed by atoms with Crippen molar-refractivity contribution in [3.63, 3.8) is 0 Å². The average molecular weight is 133 g/mol. The molecule has 0 rings (SSSR count). The van der Waals surface area contributed by atoms with Crippen LogP contribution >= 0.6 is 0 Å². The van der Waals surface area contributed by atoms with Gasteiger partial charge in [-0.05, 0) is 6.92 Å². The molecule has 0 unspecified atom stereocenters. The van der Waals surface area contributed by atoms with E-state index in [0.29, 0.717) is 0 Å². The molecule has 9 heavy (non-hydrogen) atoms. The molecule has 0 saturated carbocycles. The number of carbonyl (C=O) groups excluding carboxylic acids is 1. The zero-order valence-electron chi connectivity index (χ0n) is 4.89. The highest BCUT2D eigenvalue weighted by Gasteiger charge is 2.04. The number of halogens is 1. The molecule has 0 aromatic rings. The van der Waals surface area contributed by atoms with Gasteiger partial charge in [0.2, 0.25) is 0 Å². The lowest BCUT2D eigenvalue weighted by molar-refractivity contribution is -0.277. The van der Waals surface area contributed by atoms with Crippen LogP contribution in [0.3, 0.4) is 0 Å². The lowest BCUT2D eigenvalue weighted by Gasteiger charge is -1.98. The van der Waals surface area contributed by atoms with Crippen molar-refractivity contribution in [2.24, 2.45) is 0 Å². The summed E-state index contributed by atoms with van der Waals surface area (Å²) in [5.74, 6) is -2.59. The van der Waals surface area contributed by atoms with E-state index in [9.17, 15) is 14.3 Å². The van der Waals surface area contributed by atoms with Crippen LogP contribution in [0.4, 0.5) is 4.39 Å². The Morgan fingerprint density at radius 1 is 1.89 bits per heavy atom. The molecule has 0 bridgehead atoms. The number of rotatable bonds is 2. The molecular weight excluding hydrogens is 127 g/mol. The molecule has 0 aliphatic heterocycles. The fourth-order valence-corrected chi connectivity index (χ4v) is 0.248. The van der Waals surface area contributed by atoms with Crippen molar-refractivity contribution in [1.29, 1.82) is 0 Å². The lowest BCUT2D eigenvalue weighted by Crippen LogP contribution is -2.06. The minimum Gasteiger partial charge on any atom is -0.876 e. The maximum Gasteiger partial charge on any atom is 0.365 e. The van der Waals surface area contributed by atoms with Crippen LogP contribution in [0.1, 0.15) is 6.92 Å². The second kappa shape index (κ2) is 3.88. The van der Waals surface area contributed by atoms with Crippen LogP contribution in [0.15, 0.2) is 12.1 Å². The number of hydrogen-bond donors (Lipinski definition) is 0. The zero-order chi connectivity index (χ0) is 7.28. The maximum absolute atomic E-state index is 11.8. The third kappa shape index (κ3) is 2.69. The van der Waals surface area contributed by atoms with Gasteiger partial charge in [0, 0.05) is 0 Å². The minimum atomic E-state index is -1.39. The summed E-state index contributed by atoms with van der Waals surface area (Å²) < 4.78 is 15.9. The van der Waals surface area contributed by atoms with E-state index >= 15 is 0 Å². The first kappa shape index (κ1) is 7.94. The van der Waals surface area contributed by atoms with Crippen LogP contribution in [0.2, 0.25) is 0 Å². The molecule has 0 heterocycles. The summed E-state index contributed by atoms with van der Waals surface area (Å²) in [6.45, 7) is 1.59. The van der Waals surface area contributed by atoms with Gasteiger partial charge >= 0.3 is 5.97 Å². The van der Waals surface area contributed by atoms with Crippen molar-refractivity contribution in [1.82, 2.24) is 0 Å². The Morgan fingerprint density at radius 2 is 2.44 bits per heavy atom.